The molecule has 11 heteroatoms. The molecule has 88 valence electrons. The van der Waals surface area contributed by atoms with Gasteiger partial charge in [0.15, 0.2) is 11.0 Å². The molecule has 0 radical (unpaired) electrons. The first-order chi connectivity index (χ1) is 7.72. The molecule has 1 N–H and O–H groups in total. The topological polar surface area (TPSA) is 96.4 Å². The van der Waals surface area contributed by atoms with Crippen LogP contribution in [0.25, 0.3) is 0 Å². The molecule has 0 atom stereocenters. The zero-order valence-electron chi connectivity index (χ0n) is 8.58. The van der Waals surface area contributed by atoms with Crippen LogP contribution in [0.1, 0.15) is 0 Å². The molecule has 0 aliphatic heterocycles. The summed E-state index contributed by atoms with van der Waals surface area (Å²) in [6, 6.07) is 3.02. The molecule has 0 spiro atoms. The number of halogens is 1. The summed E-state index contributed by atoms with van der Waals surface area (Å²) < 4.78 is 3.95. The first-order valence-electron chi connectivity index (χ1n) is 3.76. The smallest absolute Gasteiger partial charge is 0.691 e. The third-order valence-corrected chi connectivity index (χ3v) is 2.79. The van der Waals surface area contributed by atoms with E-state index in [4.69, 9.17) is 11.6 Å². The van der Waals surface area contributed by atoms with Crippen molar-refractivity contribution in [3.63, 3.8) is 0 Å². The number of nitrogens with one attached hydrogen (secondary N) is 1. The van der Waals surface area contributed by atoms with E-state index in [1.807, 2.05) is 0 Å². The van der Waals surface area contributed by atoms with Crippen LogP contribution in [0.4, 0.5) is 5.82 Å². The number of nitrogens with zero attached hydrogens (tertiary/aromatic N) is 2. The number of hydrogen-bond donors (Lipinski definition) is 1. The maximum Gasteiger partial charge on any atom is 1.00 e. The number of carbonyl (C=O) groups is 1. The Morgan fingerprint density at radius 3 is 2.88 bits per heavy atom. The third-order valence-electron chi connectivity index (χ3n) is 1.19. The maximum atomic E-state index is 11.2. The fourth-order valence-electron chi connectivity index (χ4n) is 0.670. The normalized spacial score (nSPS) is 9.53. The summed E-state index contributed by atoms with van der Waals surface area (Å²) in [5.41, 5.74) is 0. The van der Waals surface area contributed by atoms with Gasteiger partial charge in [0.05, 0.1) is 5.75 Å². The fraction of sp³-hybridized carbons (Fsp3) is 0.167. The molecule has 0 saturated carbocycles. The maximum absolute atomic E-state index is 11.2. The van der Waals surface area contributed by atoms with Crippen molar-refractivity contribution in [2.75, 3.05) is 11.1 Å². The Balaban J connectivity index is 0.00000256. The third kappa shape index (κ3) is 8.19. The number of aromatic nitrogens is 2. The Labute approximate surface area is 132 Å². The van der Waals surface area contributed by atoms with Gasteiger partial charge in [-0.25, -0.2) is 0 Å². The zero-order valence-corrected chi connectivity index (χ0v) is 13.0. The molecule has 0 unspecified atom stereocenters. The van der Waals surface area contributed by atoms with E-state index in [2.05, 4.69) is 24.9 Å². The predicted molar refractivity (Wildman–Crippen MR) is 57.9 cm³/mol. The van der Waals surface area contributed by atoms with E-state index in [1.165, 1.54) is 12.1 Å². The van der Waals surface area contributed by atoms with Crippen LogP contribution in [-0.2, 0) is 14.2 Å². The average molecular weight is 306 g/mol. The van der Waals surface area contributed by atoms with Gasteiger partial charge in [-0.05, 0) is 12.1 Å². The molecule has 0 aliphatic rings. The molecule has 0 aromatic carbocycles. The minimum atomic E-state index is -0.316. The molecule has 1 amide bonds. The summed E-state index contributed by atoms with van der Waals surface area (Å²) in [5.74, 6) is 0.0443. The summed E-state index contributed by atoms with van der Waals surface area (Å²) in [6.07, 6.45) is 0. The summed E-state index contributed by atoms with van der Waals surface area (Å²) in [7, 11) is 0.991. The van der Waals surface area contributed by atoms with Crippen molar-refractivity contribution in [1.82, 2.24) is 10.2 Å². The number of carbonyl (C=O) groups excluding carboxylic acids is 1. The first kappa shape index (κ1) is 17.4. The van der Waals surface area contributed by atoms with Crippen molar-refractivity contribution in [3.05, 3.63) is 17.3 Å². The van der Waals surface area contributed by atoms with Crippen molar-refractivity contribution >= 4 is 45.2 Å². The van der Waals surface area contributed by atoms with Crippen LogP contribution >= 0.6 is 33.5 Å². The molecule has 1 aromatic heterocycles. The van der Waals surface area contributed by atoms with Crippen LogP contribution in [0, 0.1) is 0 Å². The molecule has 0 saturated heterocycles. The van der Waals surface area contributed by atoms with Crippen LogP contribution < -0.4 is 40.1 Å². The Morgan fingerprint density at radius 2 is 2.29 bits per heavy atom. The van der Waals surface area contributed by atoms with Gasteiger partial charge in [0, 0.05) is 0 Å². The van der Waals surface area contributed by atoms with Crippen molar-refractivity contribution in [3.8, 4) is 0 Å². The van der Waals surface area contributed by atoms with Gasteiger partial charge in [-0.3, -0.25) is 9.83 Å². The molecule has 1 heterocycles. The minimum Gasteiger partial charge on any atom is -0.691 e. The molecule has 17 heavy (non-hydrogen) atoms. The van der Waals surface area contributed by atoms with Crippen molar-refractivity contribution in [1.29, 1.82) is 0 Å². The number of rotatable bonds is 6. The van der Waals surface area contributed by atoms with E-state index in [-0.39, 0.29) is 46.4 Å². The van der Waals surface area contributed by atoms with Gasteiger partial charge in [-0.2, -0.15) is 4.33 Å². The van der Waals surface area contributed by atoms with Crippen LogP contribution in [-0.4, -0.2) is 21.9 Å². The number of hydrogen-bond acceptors (Lipinski definition) is 8. The van der Waals surface area contributed by atoms with Gasteiger partial charge in [0.1, 0.15) is 11.1 Å². The molecular formula is C6H5ClN3NaO4S2. The molecule has 1 aromatic rings. The van der Waals surface area contributed by atoms with Gasteiger partial charge in [-0.15, -0.1) is 10.2 Å². The first-order valence-corrected chi connectivity index (χ1v) is 6.38. The van der Waals surface area contributed by atoms with Crippen LogP contribution in [0.2, 0.25) is 5.15 Å². The second kappa shape index (κ2) is 10.4. The molecule has 1 rings (SSSR count). The van der Waals surface area contributed by atoms with Crippen LogP contribution in [0.5, 0.6) is 0 Å². The number of amides is 1. The molecular weight excluding hydrogens is 301 g/mol. The summed E-state index contributed by atoms with van der Waals surface area (Å²) in [5, 5.41) is 22.4. The summed E-state index contributed by atoms with van der Waals surface area (Å²) >= 11 is 6.17. The van der Waals surface area contributed by atoms with Crippen molar-refractivity contribution in [2.45, 2.75) is 0 Å². The Kier molecular flexibility index (Phi) is 10.6. The van der Waals surface area contributed by atoms with Crippen molar-refractivity contribution in [2.24, 2.45) is 0 Å². The minimum absolute atomic E-state index is 0. The summed E-state index contributed by atoms with van der Waals surface area (Å²) in [4.78, 5) is 11.2. The van der Waals surface area contributed by atoms with Crippen LogP contribution in [0.15, 0.2) is 12.1 Å². The standard InChI is InChI=1S/C6H6ClN3O4S2.Na/c7-4-1-2-5(10-9-4)8-6(11)3-15-16-14-13-12;/h1-2,12H,3H2,(H,8,10,11);/q;+1/p-1. The van der Waals surface area contributed by atoms with Crippen molar-refractivity contribution < 1.29 is 49.0 Å². The van der Waals surface area contributed by atoms with Gasteiger partial charge in [0.25, 0.3) is 0 Å². The Morgan fingerprint density at radius 1 is 1.53 bits per heavy atom. The average Bonchev–Trinajstić information content (AvgIpc) is 2.28. The predicted octanol–water partition coefficient (Wildman–Crippen LogP) is -2.41. The fourth-order valence-corrected chi connectivity index (χ4v) is 1.71. The van der Waals surface area contributed by atoms with Gasteiger partial charge in [-0.1, -0.05) is 22.4 Å². The van der Waals surface area contributed by atoms with E-state index in [0.717, 1.165) is 10.8 Å². The van der Waals surface area contributed by atoms with Gasteiger partial charge in [0.2, 0.25) is 5.91 Å². The summed E-state index contributed by atoms with van der Waals surface area (Å²) in [6.45, 7) is 0. The van der Waals surface area contributed by atoms with E-state index >= 15 is 0 Å². The Bertz CT molecular complexity index is 345. The van der Waals surface area contributed by atoms with E-state index < -0.39 is 0 Å². The van der Waals surface area contributed by atoms with E-state index in [1.54, 1.807) is 0 Å². The monoisotopic (exact) mass is 305 g/mol. The quantitative estimate of drug-likeness (QED) is 0.155. The molecule has 0 bridgehead atoms. The van der Waals surface area contributed by atoms with E-state index in [0.29, 0.717) is 16.9 Å². The van der Waals surface area contributed by atoms with Gasteiger partial charge < -0.3 is 10.6 Å². The SMILES string of the molecule is O=C(CSSOO[O-])Nc1ccc(Cl)nn1.[Na+]. The second-order valence-corrected chi connectivity index (χ2v) is 4.55. The number of anilines is 1. The van der Waals surface area contributed by atoms with Crippen LogP contribution in [0.3, 0.4) is 0 Å². The molecule has 7 nitrogen and oxygen atoms in total. The van der Waals surface area contributed by atoms with Gasteiger partial charge >= 0.3 is 29.6 Å². The Hall–Kier alpha value is 0.420. The second-order valence-electron chi connectivity index (χ2n) is 2.26. The zero-order chi connectivity index (χ0) is 11.8. The largest absolute Gasteiger partial charge is 1.00 e. The molecule has 0 aliphatic carbocycles. The van der Waals surface area contributed by atoms with E-state index in [9.17, 15) is 10.1 Å². The molecule has 0 fully saturated rings.